The van der Waals surface area contributed by atoms with Crippen molar-refractivity contribution in [2.75, 3.05) is 14.2 Å². The summed E-state index contributed by atoms with van der Waals surface area (Å²) in [5.74, 6) is 0.163. The molecule has 0 saturated carbocycles. The average molecular weight is 385 g/mol. The molecule has 0 heterocycles. The zero-order chi connectivity index (χ0) is 19.6. The molecular weight excluding hydrogens is 366 g/mol. The first kappa shape index (κ1) is 19.9. The number of carbonyl (C=O) groups is 2. The minimum absolute atomic E-state index is 0.0482. The van der Waals surface area contributed by atoms with E-state index in [0.29, 0.717) is 17.1 Å². The van der Waals surface area contributed by atoms with Crippen LogP contribution >= 0.6 is 12.2 Å². The Hall–Kier alpha value is -3.39. The fraction of sp³-hybridized carbons (Fsp3) is 0.105. The van der Waals surface area contributed by atoms with Crippen LogP contribution in [0.3, 0.4) is 0 Å². The molecule has 3 N–H and O–H groups in total. The summed E-state index contributed by atoms with van der Waals surface area (Å²) >= 11 is 4.99. The third-order valence-electron chi connectivity index (χ3n) is 3.43. The molecule has 0 aliphatic rings. The average Bonchev–Trinajstić information content (AvgIpc) is 2.70. The molecule has 27 heavy (non-hydrogen) atoms. The highest BCUT2D eigenvalue weighted by molar-refractivity contribution is 7.80. The lowest BCUT2D eigenvalue weighted by Crippen LogP contribution is -2.48. The van der Waals surface area contributed by atoms with Crippen molar-refractivity contribution in [3.8, 4) is 11.5 Å². The van der Waals surface area contributed by atoms with Gasteiger partial charge in [-0.15, -0.1) is 0 Å². The number of rotatable bonds is 5. The maximum atomic E-state index is 12.1. The highest BCUT2D eigenvalue weighted by Crippen LogP contribution is 2.18. The van der Waals surface area contributed by atoms with Gasteiger partial charge in [0.2, 0.25) is 5.91 Å². The van der Waals surface area contributed by atoms with Crippen molar-refractivity contribution in [2.24, 2.45) is 0 Å². The first-order valence-electron chi connectivity index (χ1n) is 7.90. The van der Waals surface area contributed by atoms with Crippen LogP contribution in [-0.4, -0.2) is 31.1 Å². The minimum Gasteiger partial charge on any atom is -0.496 e. The SMILES string of the molecule is COc1ccccc1/C=C/C(=O)NC(=S)NNC(=O)c1ccccc1OC. The highest BCUT2D eigenvalue weighted by Gasteiger charge is 2.11. The predicted molar refractivity (Wildman–Crippen MR) is 106 cm³/mol. The van der Waals surface area contributed by atoms with Gasteiger partial charge < -0.3 is 9.47 Å². The minimum atomic E-state index is -0.454. The quantitative estimate of drug-likeness (QED) is 0.415. The standard InChI is InChI=1S/C19H19N3O4S/c1-25-15-9-5-3-7-13(15)11-12-17(23)20-19(27)22-21-18(24)14-8-4-6-10-16(14)26-2/h3-12H,1-2H3,(H,21,24)(H2,20,22,23,27)/b12-11+. The lowest BCUT2D eigenvalue weighted by molar-refractivity contribution is -0.115. The van der Waals surface area contributed by atoms with Gasteiger partial charge in [0, 0.05) is 11.6 Å². The van der Waals surface area contributed by atoms with E-state index in [9.17, 15) is 9.59 Å². The van der Waals surface area contributed by atoms with Crippen LogP contribution in [0.1, 0.15) is 15.9 Å². The molecule has 0 spiro atoms. The van der Waals surface area contributed by atoms with E-state index >= 15 is 0 Å². The lowest BCUT2D eigenvalue weighted by atomic mass is 10.2. The number of carbonyl (C=O) groups excluding carboxylic acids is 2. The summed E-state index contributed by atoms with van der Waals surface area (Å²) < 4.78 is 10.3. The molecule has 0 unspecified atom stereocenters. The first-order valence-corrected chi connectivity index (χ1v) is 8.31. The van der Waals surface area contributed by atoms with Crippen molar-refractivity contribution in [2.45, 2.75) is 0 Å². The summed E-state index contributed by atoms with van der Waals surface area (Å²) in [6, 6.07) is 14.0. The Balaban J connectivity index is 1.87. The molecule has 0 radical (unpaired) electrons. The maximum Gasteiger partial charge on any atom is 0.273 e. The van der Waals surface area contributed by atoms with Crippen LogP contribution in [0.25, 0.3) is 6.08 Å². The van der Waals surface area contributed by atoms with E-state index < -0.39 is 11.8 Å². The van der Waals surface area contributed by atoms with Crippen molar-refractivity contribution in [1.82, 2.24) is 16.2 Å². The number of para-hydroxylation sites is 2. The van der Waals surface area contributed by atoms with Gasteiger partial charge in [0.25, 0.3) is 5.91 Å². The second-order valence-corrected chi connectivity index (χ2v) is 5.58. The fourth-order valence-electron chi connectivity index (χ4n) is 2.17. The normalized spacial score (nSPS) is 10.1. The van der Waals surface area contributed by atoms with E-state index in [1.54, 1.807) is 43.5 Å². The first-order chi connectivity index (χ1) is 13.0. The molecule has 0 fully saturated rings. The number of hydrazine groups is 1. The Morgan fingerprint density at radius 2 is 1.56 bits per heavy atom. The Bertz CT molecular complexity index is 868. The summed E-state index contributed by atoms with van der Waals surface area (Å²) in [6.45, 7) is 0. The van der Waals surface area contributed by atoms with Gasteiger partial charge in [0.05, 0.1) is 19.8 Å². The topological polar surface area (TPSA) is 88.7 Å². The smallest absolute Gasteiger partial charge is 0.273 e. The summed E-state index contributed by atoms with van der Waals surface area (Å²) in [6.07, 6.45) is 2.91. The molecule has 2 rings (SSSR count). The van der Waals surface area contributed by atoms with Crippen molar-refractivity contribution < 1.29 is 19.1 Å². The number of methoxy groups -OCH3 is 2. The zero-order valence-electron chi connectivity index (χ0n) is 14.8. The fourth-order valence-corrected chi connectivity index (χ4v) is 2.32. The molecule has 2 aromatic rings. The van der Waals surface area contributed by atoms with Crippen LogP contribution in [0.4, 0.5) is 0 Å². The molecule has 0 saturated heterocycles. The molecule has 2 amide bonds. The number of hydrogen-bond acceptors (Lipinski definition) is 5. The summed E-state index contributed by atoms with van der Waals surface area (Å²) in [7, 11) is 3.02. The van der Waals surface area contributed by atoms with Gasteiger partial charge in [0.15, 0.2) is 5.11 Å². The van der Waals surface area contributed by atoms with E-state index in [0.717, 1.165) is 5.56 Å². The van der Waals surface area contributed by atoms with Crippen LogP contribution in [0.15, 0.2) is 54.6 Å². The molecule has 8 heteroatoms. The van der Waals surface area contributed by atoms with Gasteiger partial charge in [-0.2, -0.15) is 0 Å². The molecule has 7 nitrogen and oxygen atoms in total. The number of benzene rings is 2. The molecule has 140 valence electrons. The lowest BCUT2D eigenvalue weighted by Gasteiger charge is -2.11. The van der Waals surface area contributed by atoms with Crippen LogP contribution in [0, 0.1) is 0 Å². The predicted octanol–water partition coefficient (Wildman–Crippen LogP) is 2.05. The largest absolute Gasteiger partial charge is 0.496 e. The summed E-state index contributed by atoms with van der Waals surface area (Å²) in [5, 5.41) is 2.38. The summed E-state index contributed by atoms with van der Waals surface area (Å²) in [5.41, 5.74) is 5.95. The van der Waals surface area contributed by atoms with Crippen molar-refractivity contribution >= 4 is 35.2 Å². The monoisotopic (exact) mass is 385 g/mol. The molecule has 0 atom stereocenters. The zero-order valence-corrected chi connectivity index (χ0v) is 15.6. The Labute approximate surface area is 162 Å². The van der Waals surface area contributed by atoms with E-state index in [2.05, 4.69) is 16.2 Å². The Morgan fingerprint density at radius 1 is 0.926 bits per heavy atom. The Morgan fingerprint density at radius 3 is 2.26 bits per heavy atom. The van der Waals surface area contributed by atoms with Gasteiger partial charge in [-0.05, 0) is 36.5 Å². The third kappa shape index (κ3) is 5.82. The van der Waals surface area contributed by atoms with E-state index in [1.165, 1.54) is 13.2 Å². The second-order valence-electron chi connectivity index (χ2n) is 5.17. The van der Waals surface area contributed by atoms with E-state index in [4.69, 9.17) is 21.7 Å². The van der Waals surface area contributed by atoms with Gasteiger partial charge in [-0.1, -0.05) is 30.3 Å². The number of amides is 2. The van der Waals surface area contributed by atoms with Gasteiger partial charge in [0.1, 0.15) is 11.5 Å². The van der Waals surface area contributed by atoms with Crippen molar-refractivity contribution in [1.29, 1.82) is 0 Å². The van der Waals surface area contributed by atoms with Gasteiger partial charge in [-0.25, -0.2) is 0 Å². The van der Waals surface area contributed by atoms with Crippen molar-refractivity contribution in [3.05, 3.63) is 65.7 Å². The molecule has 0 aliphatic carbocycles. The number of hydrogen-bond donors (Lipinski definition) is 3. The van der Waals surface area contributed by atoms with E-state index in [-0.39, 0.29) is 5.11 Å². The number of thiocarbonyl (C=S) groups is 1. The number of ether oxygens (including phenoxy) is 2. The molecule has 0 bridgehead atoms. The van der Waals surface area contributed by atoms with Crippen LogP contribution < -0.4 is 25.6 Å². The molecule has 0 aromatic heterocycles. The number of nitrogens with one attached hydrogen (secondary N) is 3. The highest BCUT2D eigenvalue weighted by atomic mass is 32.1. The second kappa shape index (κ2) is 9.93. The van der Waals surface area contributed by atoms with Gasteiger partial charge in [-0.3, -0.25) is 25.8 Å². The van der Waals surface area contributed by atoms with E-state index in [1.807, 2.05) is 18.2 Å². The van der Waals surface area contributed by atoms with Crippen LogP contribution in [0.2, 0.25) is 0 Å². The van der Waals surface area contributed by atoms with Gasteiger partial charge >= 0.3 is 0 Å². The molecular formula is C19H19N3O4S. The van der Waals surface area contributed by atoms with Crippen LogP contribution in [0.5, 0.6) is 11.5 Å². The molecule has 2 aromatic carbocycles. The van der Waals surface area contributed by atoms with Crippen LogP contribution in [-0.2, 0) is 4.79 Å². The summed E-state index contributed by atoms with van der Waals surface area (Å²) in [4.78, 5) is 24.1. The maximum absolute atomic E-state index is 12.1. The third-order valence-corrected chi connectivity index (χ3v) is 3.64. The Kier molecular flexibility index (Phi) is 7.33. The van der Waals surface area contributed by atoms with Crippen molar-refractivity contribution in [3.63, 3.8) is 0 Å². The molecule has 0 aliphatic heterocycles.